The molecule has 1 unspecified atom stereocenters. The van der Waals surface area contributed by atoms with Gasteiger partial charge in [0.1, 0.15) is 18.3 Å². The van der Waals surface area contributed by atoms with Crippen molar-refractivity contribution in [1.82, 2.24) is 20.0 Å². The molecule has 0 spiro atoms. The van der Waals surface area contributed by atoms with E-state index >= 15 is 0 Å². The van der Waals surface area contributed by atoms with Crippen LogP contribution in [-0.4, -0.2) is 94.6 Å². The molecule has 2 heterocycles. The molecule has 10 nitrogen and oxygen atoms in total. The summed E-state index contributed by atoms with van der Waals surface area (Å²) in [5.74, 6) is -1.02. The van der Waals surface area contributed by atoms with E-state index in [2.05, 4.69) is 36.4 Å². The number of nitrogens with zero attached hydrogens (tertiary/aromatic N) is 3. The van der Waals surface area contributed by atoms with Gasteiger partial charge in [0.15, 0.2) is 0 Å². The molecule has 1 saturated heterocycles. The minimum Gasteiger partial charge on any atom is -0.378 e. The highest BCUT2D eigenvalue weighted by Crippen LogP contribution is 2.26. The Labute approximate surface area is 259 Å². The molecule has 1 fully saturated rings. The van der Waals surface area contributed by atoms with Gasteiger partial charge in [-0.05, 0) is 82.1 Å². The van der Waals surface area contributed by atoms with Crippen molar-refractivity contribution in [2.75, 3.05) is 38.5 Å². The van der Waals surface area contributed by atoms with E-state index in [0.717, 1.165) is 29.8 Å². The Morgan fingerprint density at radius 3 is 2.51 bits per heavy atom. The number of aliphatic hydroxyl groups is 1. The summed E-state index contributed by atoms with van der Waals surface area (Å²) in [6, 6.07) is 11.2. The summed E-state index contributed by atoms with van der Waals surface area (Å²) >= 11 is 6.12. The molecular formula is C32H45ClN6O4. The van der Waals surface area contributed by atoms with E-state index in [0.29, 0.717) is 23.7 Å². The number of carbonyl (C=O) groups excluding carboxylic acids is 3. The number of amides is 3. The molecule has 43 heavy (non-hydrogen) atoms. The average molecular weight is 613 g/mol. The van der Waals surface area contributed by atoms with Gasteiger partial charge in [-0.15, -0.1) is 0 Å². The number of nitrogens with one attached hydrogen (secondary N) is 2. The molecule has 11 heteroatoms. The first-order chi connectivity index (χ1) is 20.4. The normalized spacial score (nSPS) is 20.2. The number of anilines is 1. The Hall–Kier alpha value is -3.02. The lowest BCUT2D eigenvalue weighted by Gasteiger charge is -2.46. The number of piperazine rings is 1. The van der Waals surface area contributed by atoms with Gasteiger partial charge in [-0.25, -0.2) is 0 Å². The quantitative estimate of drug-likeness (QED) is 0.324. The van der Waals surface area contributed by atoms with Crippen LogP contribution in [0, 0.1) is 6.92 Å². The van der Waals surface area contributed by atoms with Crippen molar-refractivity contribution >= 4 is 35.0 Å². The van der Waals surface area contributed by atoms with Crippen LogP contribution in [0.2, 0.25) is 5.02 Å². The number of halogens is 1. The second kappa shape index (κ2) is 14.2. The number of rotatable bonds is 10. The molecule has 3 amide bonds. The van der Waals surface area contributed by atoms with E-state index in [1.165, 1.54) is 0 Å². The summed E-state index contributed by atoms with van der Waals surface area (Å²) in [7, 11) is 2.08. The third kappa shape index (κ3) is 8.13. The zero-order chi connectivity index (χ0) is 31.3. The minimum atomic E-state index is -0.884. The van der Waals surface area contributed by atoms with Crippen LogP contribution in [0.25, 0.3) is 0 Å². The number of carbonyl (C=O) groups is 3. The number of aryl methyl sites for hydroxylation is 1. The zero-order valence-corrected chi connectivity index (χ0v) is 26.4. The lowest BCUT2D eigenvalue weighted by Crippen LogP contribution is -2.60. The number of fused-ring (bicyclic) bond motifs is 1. The molecule has 2 aromatic carbocycles. The van der Waals surface area contributed by atoms with Gasteiger partial charge in [0.2, 0.25) is 17.7 Å². The summed E-state index contributed by atoms with van der Waals surface area (Å²) in [5, 5.41) is 17.3. The van der Waals surface area contributed by atoms with E-state index < -0.39 is 30.1 Å². The number of benzene rings is 2. The van der Waals surface area contributed by atoms with Crippen molar-refractivity contribution in [3.63, 3.8) is 0 Å². The first-order valence-corrected chi connectivity index (χ1v) is 15.3. The number of hydrogen-bond acceptors (Lipinski definition) is 7. The molecule has 0 aromatic heterocycles. The van der Waals surface area contributed by atoms with Crippen LogP contribution >= 0.6 is 11.6 Å². The summed E-state index contributed by atoms with van der Waals surface area (Å²) in [6.45, 7) is 8.84. The highest BCUT2D eigenvalue weighted by atomic mass is 35.5. The minimum absolute atomic E-state index is 0.0816. The second-order valence-electron chi connectivity index (χ2n) is 12.3. The van der Waals surface area contributed by atoms with Crippen LogP contribution in [0.4, 0.5) is 5.69 Å². The highest BCUT2D eigenvalue weighted by molar-refractivity contribution is 6.31. The number of likely N-dealkylation sites (N-methyl/N-ethyl adjacent to an activating group) is 1. The summed E-state index contributed by atoms with van der Waals surface area (Å²) in [5.41, 5.74) is 9.08. The van der Waals surface area contributed by atoms with E-state index in [1.807, 2.05) is 36.1 Å². The SMILES string of the molecule is Cc1cc(NC(=O)[C@H](CCN)NC(=O)[C@@H]2Cc3ccccc3CN2C(=O)CCC(O)N2CCN(C)C(C)(C)C2)ccc1Cl. The maximum atomic E-state index is 13.7. The lowest BCUT2D eigenvalue weighted by molar-refractivity contribution is -0.143. The Balaban J connectivity index is 1.45. The van der Waals surface area contributed by atoms with Gasteiger partial charge < -0.3 is 26.4 Å². The van der Waals surface area contributed by atoms with Crippen molar-refractivity contribution in [3.8, 4) is 0 Å². The first kappa shape index (κ1) is 32.9. The molecule has 2 aromatic rings. The maximum absolute atomic E-state index is 13.7. The fraction of sp³-hybridized carbons (Fsp3) is 0.531. The molecule has 0 radical (unpaired) electrons. The summed E-state index contributed by atoms with van der Waals surface area (Å²) < 4.78 is 0. The van der Waals surface area contributed by atoms with Crippen LogP contribution in [0.15, 0.2) is 42.5 Å². The monoisotopic (exact) mass is 612 g/mol. The highest BCUT2D eigenvalue weighted by Gasteiger charge is 2.37. The Bertz CT molecular complexity index is 1320. The van der Waals surface area contributed by atoms with Crippen LogP contribution in [-0.2, 0) is 27.3 Å². The molecule has 0 saturated carbocycles. The van der Waals surface area contributed by atoms with Crippen molar-refractivity contribution in [3.05, 3.63) is 64.2 Å². The van der Waals surface area contributed by atoms with Crippen LogP contribution in [0.3, 0.4) is 0 Å². The van der Waals surface area contributed by atoms with Gasteiger partial charge in [0, 0.05) is 55.3 Å². The number of hydrogen-bond donors (Lipinski definition) is 4. The first-order valence-electron chi connectivity index (χ1n) is 15.0. The average Bonchev–Trinajstić information content (AvgIpc) is 2.97. The van der Waals surface area contributed by atoms with Gasteiger partial charge in [0.25, 0.3) is 0 Å². The van der Waals surface area contributed by atoms with E-state index in [-0.39, 0.29) is 43.8 Å². The summed E-state index contributed by atoms with van der Waals surface area (Å²) in [6.07, 6.45) is 0.174. The molecule has 0 aliphatic carbocycles. The topological polar surface area (TPSA) is 131 Å². The van der Waals surface area contributed by atoms with Crippen LogP contribution in [0.5, 0.6) is 0 Å². The van der Waals surface area contributed by atoms with Gasteiger partial charge in [0.05, 0.1) is 0 Å². The van der Waals surface area contributed by atoms with Crippen molar-refractivity contribution in [2.45, 2.75) is 76.8 Å². The fourth-order valence-electron chi connectivity index (χ4n) is 5.79. The maximum Gasteiger partial charge on any atom is 0.246 e. The van der Waals surface area contributed by atoms with Gasteiger partial charge >= 0.3 is 0 Å². The van der Waals surface area contributed by atoms with Crippen molar-refractivity contribution in [1.29, 1.82) is 0 Å². The predicted molar refractivity (Wildman–Crippen MR) is 168 cm³/mol. The molecule has 2 aliphatic heterocycles. The Morgan fingerprint density at radius 1 is 1.12 bits per heavy atom. The van der Waals surface area contributed by atoms with Crippen molar-refractivity contribution in [2.24, 2.45) is 5.73 Å². The molecule has 5 N–H and O–H groups in total. The summed E-state index contributed by atoms with van der Waals surface area (Å²) in [4.78, 5) is 46.4. The third-order valence-electron chi connectivity index (χ3n) is 8.77. The number of aliphatic hydroxyl groups excluding tert-OH is 1. The predicted octanol–water partition coefficient (Wildman–Crippen LogP) is 2.50. The van der Waals surface area contributed by atoms with Gasteiger partial charge in [-0.1, -0.05) is 35.9 Å². The Kier molecular flexibility index (Phi) is 10.8. The third-order valence-corrected chi connectivity index (χ3v) is 9.19. The van der Waals surface area contributed by atoms with Gasteiger partial charge in [-0.2, -0.15) is 0 Å². The van der Waals surface area contributed by atoms with Gasteiger partial charge in [-0.3, -0.25) is 24.2 Å². The van der Waals surface area contributed by atoms with Crippen molar-refractivity contribution < 1.29 is 19.5 Å². The van der Waals surface area contributed by atoms with Crippen LogP contribution < -0.4 is 16.4 Å². The molecule has 0 bridgehead atoms. The van der Waals surface area contributed by atoms with Crippen LogP contribution in [0.1, 0.15) is 49.8 Å². The fourth-order valence-corrected chi connectivity index (χ4v) is 5.90. The van der Waals surface area contributed by atoms with E-state index in [4.69, 9.17) is 17.3 Å². The smallest absolute Gasteiger partial charge is 0.246 e. The molecule has 4 rings (SSSR count). The molecule has 3 atom stereocenters. The lowest BCUT2D eigenvalue weighted by atomic mass is 9.92. The second-order valence-corrected chi connectivity index (χ2v) is 12.7. The zero-order valence-electron chi connectivity index (χ0n) is 25.6. The van der Waals surface area contributed by atoms with E-state index in [9.17, 15) is 19.5 Å². The standard InChI is InChI=1S/C32H45ClN6O4/c1-21-17-24(9-10-25(21)33)35-30(42)26(13-14-34)36-31(43)27-18-22-7-5-6-8-23(22)19-39(27)29(41)12-11-28(40)38-16-15-37(4)32(2,3)20-38/h5-10,17,26-28,40H,11-16,18-20,34H2,1-4H3,(H,35,42)(H,36,43)/t26-,27-,28?/m0/s1. The van der Waals surface area contributed by atoms with E-state index in [1.54, 1.807) is 23.1 Å². The molecule has 2 aliphatic rings. The number of nitrogens with two attached hydrogens (primary N) is 1. The molecule has 234 valence electrons. The molecular weight excluding hydrogens is 568 g/mol. The Morgan fingerprint density at radius 2 is 1.84 bits per heavy atom. The largest absolute Gasteiger partial charge is 0.378 e.